The van der Waals surface area contributed by atoms with Gasteiger partial charge in [0.2, 0.25) is 0 Å². The Kier molecular flexibility index (Phi) is 12.5. The Bertz CT molecular complexity index is 528. The molecule has 0 heterocycles. The molecule has 0 amide bonds. The van der Waals surface area contributed by atoms with Crippen LogP contribution in [0, 0.1) is 0 Å². The fraction of sp³-hybridized carbons (Fsp3) is 0.720. The zero-order chi connectivity index (χ0) is 20.6. The minimum Gasteiger partial charge on any atom is -0.494 e. The summed E-state index contributed by atoms with van der Waals surface area (Å²) in [6.45, 7) is 2.92. The molecule has 29 heavy (non-hydrogen) atoms. The Morgan fingerprint density at radius 1 is 0.828 bits per heavy atom. The highest BCUT2D eigenvalue weighted by molar-refractivity contribution is 5.89. The SMILES string of the molecule is CCCCCCOc1ccc(C(=O)OOC2CCCCCCCCCCC2)cc1. The largest absolute Gasteiger partial charge is 0.494 e. The summed E-state index contributed by atoms with van der Waals surface area (Å²) in [5.41, 5.74) is 0.497. The first kappa shape index (κ1) is 23.7. The number of unbranched alkanes of at least 4 members (excludes halogenated alkanes) is 3. The van der Waals surface area contributed by atoms with Crippen molar-refractivity contribution in [3.63, 3.8) is 0 Å². The number of benzene rings is 1. The van der Waals surface area contributed by atoms with Gasteiger partial charge in [0.15, 0.2) is 0 Å². The second kappa shape index (κ2) is 15.3. The molecule has 164 valence electrons. The first-order valence-electron chi connectivity index (χ1n) is 11.9. The van der Waals surface area contributed by atoms with Crippen LogP contribution >= 0.6 is 0 Å². The quantitative estimate of drug-likeness (QED) is 0.244. The first-order valence-corrected chi connectivity index (χ1v) is 11.9. The molecule has 0 radical (unpaired) electrons. The third kappa shape index (κ3) is 10.7. The molecule has 1 fully saturated rings. The molecule has 0 spiro atoms. The molecule has 2 rings (SSSR count). The summed E-state index contributed by atoms with van der Waals surface area (Å²) in [5.74, 6) is 0.365. The monoisotopic (exact) mass is 404 g/mol. The van der Waals surface area contributed by atoms with Crippen molar-refractivity contribution in [3.8, 4) is 5.75 Å². The van der Waals surface area contributed by atoms with Gasteiger partial charge < -0.3 is 4.74 Å². The summed E-state index contributed by atoms with van der Waals surface area (Å²) < 4.78 is 5.73. The van der Waals surface area contributed by atoms with Gasteiger partial charge in [0.1, 0.15) is 11.9 Å². The van der Waals surface area contributed by atoms with Crippen LogP contribution in [0.25, 0.3) is 0 Å². The Balaban J connectivity index is 1.71. The predicted molar refractivity (Wildman–Crippen MR) is 117 cm³/mol. The maximum atomic E-state index is 12.3. The highest BCUT2D eigenvalue weighted by Gasteiger charge is 2.15. The van der Waals surface area contributed by atoms with Crippen molar-refractivity contribution >= 4 is 5.97 Å². The fourth-order valence-electron chi connectivity index (χ4n) is 3.79. The lowest BCUT2D eigenvalue weighted by Crippen LogP contribution is -2.17. The van der Waals surface area contributed by atoms with Gasteiger partial charge >= 0.3 is 5.97 Å². The van der Waals surface area contributed by atoms with Gasteiger partial charge in [-0.3, -0.25) is 4.89 Å². The van der Waals surface area contributed by atoms with Gasteiger partial charge in [-0.05, 0) is 43.5 Å². The molecule has 0 saturated heterocycles. The van der Waals surface area contributed by atoms with Crippen LogP contribution in [0.4, 0.5) is 0 Å². The number of hydrogen-bond donors (Lipinski definition) is 0. The molecule has 4 heteroatoms. The van der Waals surface area contributed by atoms with Crippen molar-refractivity contribution in [1.29, 1.82) is 0 Å². The lowest BCUT2D eigenvalue weighted by atomic mass is 9.99. The highest BCUT2D eigenvalue weighted by Crippen LogP contribution is 2.20. The van der Waals surface area contributed by atoms with E-state index in [4.69, 9.17) is 14.5 Å². The van der Waals surface area contributed by atoms with Gasteiger partial charge in [-0.15, -0.1) is 0 Å². The average molecular weight is 405 g/mol. The summed E-state index contributed by atoms with van der Waals surface area (Å²) in [4.78, 5) is 23.1. The van der Waals surface area contributed by atoms with Crippen LogP contribution in [-0.4, -0.2) is 18.7 Å². The highest BCUT2D eigenvalue weighted by atomic mass is 17.2. The molecule has 0 unspecified atom stereocenters. The van der Waals surface area contributed by atoms with E-state index in [2.05, 4.69) is 6.92 Å². The van der Waals surface area contributed by atoms with E-state index in [1.807, 2.05) is 12.1 Å². The minimum absolute atomic E-state index is 0.0177. The molecular formula is C25H40O4. The molecular weight excluding hydrogens is 364 g/mol. The number of hydrogen-bond acceptors (Lipinski definition) is 4. The molecule has 0 bridgehead atoms. The summed E-state index contributed by atoms with van der Waals surface area (Å²) in [5, 5.41) is 0. The van der Waals surface area contributed by atoms with Crippen LogP contribution in [0.3, 0.4) is 0 Å². The Hall–Kier alpha value is -1.55. The maximum Gasteiger partial charge on any atom is 0.373 e. The van der Waals surface area contributed by atoms with Crippen LogP contribution in [-0.2, 0) is 9.78 Å². The second-order valence-corrected chi connectivity index (χ2v) is 8.28. The Morgan fingerprint density at radius 3 is 2.00 bits per heavy atom. The number of ether oxygens (including phenoxy) is 1. The van der Waals surface area contributed by atoms with Crippen LogP contribution < -0.4 is 4.74 Å². The van der Waals surface area contributed by atoms with Crippen LogP contribution in [0.5, 0.6) is 5.75 Å². The van der Waals surface area contributed by atoms with E-state index >= 15 is 0 Å². The molecule has 1 aliphatic rings. The summed E-state index contributed by atoms with van der Waals surface area (Å²) in [6, 6.07) is 7.14. The lowest BCUT2D eigenvalue weighted by Gasteiger charge is -2.17. The van der Waals surface area contributed by atoms with Crippen molar-refractivity contribution in [3.05, 3.63) is 29.8 Å². The van der Waals surface area contributed by atoms with E-state index in [-0.39, 0.29) is 6.10 Å². The van der Waals surface area contributed by atoms with Crippen molar-refractivity contribution in [1.82, 2.24) is 0 Å². The van der Waals surface area contributed by atoms with E-state index < -0.39 is 5.97 Å². The molecule has 4 nitrogen and oxygen atoms in total. The summed E-state index contributed by atoms with van der Waals surface area (Å²) in [6.07, 6.45) is 18.1. The van der Waals surface area contributed by atoms with Gasteiger partial charge in [0.25, 0.3) is 0 Å². The molecule has 0 N–H and O–H groups in total. The van der Waals surface area contributed by atoms with Crippen molar-refractivity contribution in [2.75, 3.05) is 6.61 Å². The van der Waals surface area contributed by atoms with E-state index in [1.165, 1.54) is 64.2 Å². The Labute approximate surface area is 177 Å². The minimum atomic E-state index is -0.425. The van der Waals surface area contributed by atoms with Crippen molar-refractivity contribution in [2.24, 2.45) is 0 Å². The van der Waals surface area contributed by atoms with E-state index in [9.17, 15) is 4.79 Å². The predicted octanol–water partition coefficient (Wildman–Crippen LogP) is 7.41. The third-order valence-corrected chi connectivity index (χ3v) is 5.67. The van der Waals surface area contributed by atoms with Crippen LogP contribution in [0.2, 0.25) is 0 Å². The number of carbonyl (C=O) groups is 1. The van der Waals surface area contributed by atoms with Gasteiger partial charge in [-0.2, -0.15) is 4.89 Å². The van der Waals surface area contributed by atoms with E-state index in [0.717, 1.165) is 37.9 Å². The molecule has 0 aliphatic heterocycles. The lowest BCUT2D eigenvalue weighted by molar-refractivity contribution is -0.277. The average Bonchev–Trinajstić information content (AvgIpc) is 2.73. The maximum absolute atomic E-state index is 12.3. The second-order valence-electron chi connectivity index (χ2n) is 8.28. The fourth-order valence-corrected chi connectivity index (χ4v) is 3.79. The molecule has 1 aliphatic carbocycles. The van der Waals surface area contributed by atoms with Crippen LogP contribution in [0.1, 0.15) is 114 Å². The molecule has 0 aromatic heterocycles. The first-order chi connectivity index (χ1) is 14.3. The van der Waals surface area contributed by atoms with Gasteiger partial charge in [-0.1, -0.05) is 84.0 Å². The van der Waals surface area contributed by atoms with Crippen molar-refractivity contribution in [2.45, 2.75) is 109 Å². The normalized spacial score (nSPS) is 17.1. The summed E-state index contributed by atoms with van der Waals surface area (Å²) in [7, 11) is 0. The zero-order valence-corrected chi connectivity index (χ0v) is 18.3. The Morgan fingerprint density at radius 2 is 1.41 bits per heavy atom. The van der Waals surface area contributed by atoms with E-state index in [0.29, 0.717) is 12.2 Å². The van der Waals surface area contributed by atoms with Gasteiger partial charge in [0.05, 0.1) is 12.2 Å². The topological polar surface area (TPSA) is 44.8 Å². The number of carbonyl (C=O) groups excluding carboxylic acids is 1. The number of rotatable bonds is 9. The third-order valence-electron chi connectivity index (χ3n) is 5.67. The van der Waals surface area contributed by atoms with Crippen LogP contribution in [0.15, 0.2) is 24.3 Å². The standard InChI is InChI=1S/C25H40O4/c1-2-3-4-14-21-27-23-19-17-22(18-20-23)25(26)29-28-24-15-12-10-8-6-5-7-9-11-13-16-24/h17-20,24H,2-16,21H2,1H3. The molecule has 1 aromatic rings. The zero-order valence-electron chi connectivity index (χ0n) is 18.3. The van der Waals surface area contributed by atoms with E-state index in [1.54, 1.807) is 12.1 Å². The molecule has 1 aromatic carbocycles. The van der Waals surface area contributed by atoms with Gasteiger partial charge in [0, 0.05) is 0 Å². The smallest absolute Gasteiger partial charge is 0.373 e. The summed E-state index contributed by atoms with van der Waals surface area (Å²) >= 11 is 0. The van der Waals surface area contributed by atoms with Crippen molar-refractivity contribution < 1.29 is 19.3 Å². The van der Waals surface area contributed by atoms with Gasteiger partial charge in [-0.25, -0.2) is 4.79 Å². The molecule has 0 atom stereocenters. The molecule has 1 saturated carbocycles.